The Hall–Kier alpha value is -2.30. The Bertz CT molecular complexity index is 549. The number of carbonyl (C=O) groups excluding carboxylic acids is 2. The number of carbonyl (C=O) groups is 2. The molecule has 20 heavy (non-hydrogen) atoms. The van der Waals surface area contributed by atoms with E-state index in [0.717, 1.165) is 0 Å². The van der Waals surface area contributed by atoms with Gasteiger partial charge < -0.3 is 9.47 Å². The second-order valence-corrected chi connectivity index (χ2v) is 4.73. The number of rotatable bonds is 4. The molecule has 0 bridgehead atoms. The summed E-state index contributed by atoms with van der Waals surface area (Å²) in [4.78, 5) is 24.8. The smallest absolute Gasteiger partial charge is 0.304 e. The molecule has 0 unspecified atom stereocenters. The average Bonchev–Trinajstić information content (AvgIpc) is 2.38. The Morgan fingerprint density at radius 2 is 1.85 bits per heavy atom. The van der Waals surface area contributed by atoms with Crippen LogP contribution in [-0.4, -0.2) is 25.2 Å². The second-order valence-electron chi connectivity index (χ2n) is 4.73. The summed E-state index contributed by atoms with van der Waals surface area (Å²) < 4.78 is 10.3. The van der Waals surface area contributed by atoms with E-state index in [2.05, 4.69) is 6.58 Å². The molecule has 2 atom stereocenters. The molecule has 0 aliphatic carbocycles. The van der Waals surface area contributed by atoms with Gasteiger partial charge in [-0.1, -0.05) is 12.2 Å². The van der Waals surface area contributed by atoms with Crippen LogP contribution in [0, 0.1) is 5.92 Å². The van der Waals surface area contributed by atoms with Crippen LogP contribution in [0.15, 0.2) is 36.4 Å². The van der Waals surface area contributed by atoms with Crippen LogP contribution in [0.5, 0.6) is 5.75 Å². The van der Waals surface area contributed by atoms with Crippen LogP contribution >= 0.6 is 0 Å². The molecule has 0 aromatic heterocycles. The lowest BCUT2D eigenvalue weighted by Gasteiger charge is -2.45. The third kappa shape index (κ3) is 2.39. The summed E-state index contributed by atoms with van der Waals surface area (Å²) in [6.07, 6.45) is -0.620. The highest BCUT2D eigenvalue weighted by molar-refractivity contribution is 6.04. The maximum atomic E-state index is 12.2. The molecular weight excluding hydrogens is 258 g/mol. The Morgan fingerprint density at radius 1 is 1.25 bits per heavy atom. The van der Waals surface area contributed by atoms with Crippen LogP contribution in [-0.2, 0) is 14.3 Å². The summed E-state index contributed by atoms with van der Waals surface area (Å²) in [5.74, 6) is -0.315. The molecule has 1 saturated heterocycles. The van der Waals surface area contributed by atoms with Crippen LogP contribution in [0.4, 0.5) is 5.69 Å². The molecule has 1 aromatic rings. The Kier molecular flexibility index (Phi) is 3.79. The van der Waals surface area contributed by atoms with Crippen molar-refractivity contribution in [3.63, 3.8) is 0 Å². The van der Waals surface area contributed by atoms with Crippen molar-refractivity contribution in [1.29, 1.82) is 0 Å². The zero-order chi connectivity index (χ0) is 14.9. The Balaban J connectivity index is 2.26. The van der Waals surface area contributed by atoms with Crippen LogP contribution in [0.25, 0.3) is 0 Å². The molecule has 1 amide bonds. The number of esters is 1. The Morgan fingerprint density at radius 3 is 2.30 bits per heavy atom. The fourth-order valence-electron chi connectivity index (χ4n) is 2.23. The molecule has 1 fully saturated rings. The predicted octanol–water partition coefficient (Wildman–Crippen LogP) is 2.12. The average molecular weight is 275 g/mol. The molecule has 0 saturated carbocycles. The van der Waals surface area contributed by atoms with Gasteiger partial charge in [-0.25, -0.2) is 0 Å². The quantitative estimate of drug-likeness (QED) is 0.480. The number of β-lactam (4-membered cyclic amide) rings is 1. The van der Waals surface area contributed by atoms with Gasteiger partial charge in [0.1, 0.15) is 11.7 Å². The van der Waals surface area contributed by atoms with Gasteiger partial charge in [-0.3, -0.25) is 14.5 Å². The lowest BCUT2D eigenvalue weighted by atomic mass is 9.88. The standard InChI is InChI=1S/C15H17NO4/c1-9(2)13-14(18)16(15(13)20-10(3)17)11-5-7-12(19-4)8-6-11/h5-8,13,15H,1H2,2-4H3/t13-,15+/m0/s1. The molecule has 0 radical (unpaired) electrons. The van der Waals surface area contributed by atoms with Crippen molar-refractivity contribution in [3.8, 4) is 5.75 Å². The fraction of sp³-hybridized carbons (Fsp3) is 0.333. The van der Waals surface area contributed by atoms with E-state index in [4.69, 9.17) is 9.47 Å². The summed E-state index contributed by atoms with van der Waals surface area (Å²) in [6, 6.07) is 7.01. The number of hydrogen-bond donors (Lipinski definition) is 0. The van der Waals surface area contributed by atoms with Gasteiger partial charge in [0.15, 0.2) is 6.23 Å². The summed E-state index contributed by atoms with van der Waals surface area (Å²) in [7, 11) is 1.57. The number of nitrogens with zero attached hydrogens (tertiary/aromatic N) is 1. The number of amides is 1. The highest BCUT2D eigenvalue weighted by atomic mass is 16.6. The third-order valence-corrected chi connectivity index (χ3v) is 3.21. The molecule has 1 heterocycles. The second kappa shape index (κ2) is 5.36. The minimum absolute atomic E-state index is 0.117. The summed E-state index contributed by atoms with van der Waals surface area (Å²) >= 11 is 0. The van der Waals surface area contributed by atoms with E-state index in [9.17, 15) is 9.59 Å². The van der Waals surface area contributed by atoms with Crippen molar-refractivity contribution in [2.75, 3.05) is 12.0 Å². The van der Waals surface area contributed by atoms with Gasteiger partial charge in [-0.05, 0) is 31.2 Å². The van der Waals surface area contributed by atoms with Crippen LogP contribution in [0.1, 0.15) is 13.8 Å². The highest BCUT2D eigenvalue weighted by Gasteiger charge is 2.50. The number of anilines is 1. The van der Waals surface area contributed by atoms with Gasteiger partial charge >= 0.3 is 5.97 Å². The van der Waals surface area contributed by atoms with E-state index in [1.807, 2.05) is 0 Å². The van der Waals surface area contributed by atoms with E-state index < -0.39 is 18.1 Å². The summed E-state index contributed by atoms with van der Waals surface area (Å²) in [5.41, 5.74) is 1.35. The van der Waals surface area contributed by atoms with E-state index in [0.29, 0.717) is 17.0 Å². The molecule has 0 N–H and O–H groups in total. The fourth-order valence-corrected chi connectivity index (χ4v) is 2.23. The number of methoxy groups -OCH3 is 1. The van der Waals surface area contributed by atoms with Gasteiger partial charge in [-0.15, -0.1) is 0 Å². The number of benzene rings is 1. The summed E-state index contributed by atoms with van der Waals surface area (Å²) in [6.45, 7) is 6.86. The van der Waals surface area contributed by atoms with Crippen LogP contribution in [0.2, 0.25) is 0 Å². The largest absolute Gasteiger partial charge is 0.497 e. The lowest BCUT2D eigenvalue weighted by Crippen LogP contribution is -2.63. The summed E-state index contributed by atoms with van der Waals surface area (Å²) in [5, 5.41) is 0. The van der Waals surface area contributed by atoms with Gasteiger partial charge in [0.2, 0.25) is 5.91 Å². The lowest BCUT2D eigenvalue weighted by molar-refractivity contribution is -0.158. The molecule has 1 aliphatic rings. The van der Waals surface area contributed by atoms with Gasteiger partial charge in [0.05, 0.1) is 7.11 Å². The first kappa shape index (κ1) is 14.1. The Labute approximate surface area is 117 Å². The molecule has 1 aromatic carbocycles. The molecular formula is C15H17NO4. The van der Waals surface area contributed by atoms with Gasteiger partial charge in [0, 0.05) is 12.6 Å². The monoisotopic (exact) mass is 275 g/mol. The van der Waals surface area contributed by atoms with E-state index >= 15 is 0 Å². The first-order chi connectivity index (χ1) is 9.45. The van der Waals surface area contributed by atoms with Crippen molar-refractivity contribution in [3.05, 3.63) is 36.4 Å². The van der Waals surface area contributed by atoms with Crippen molar-refractivity contribution in [1.82, 2.24) is 0 Å². The van der Waals surface area contributed by atoms with E-state index in [1.165, 1.54) is 11.8 Å². The van der Waals surface area contributed by atoms with Crippen molar-refractivity contribution in [2.45, 2.75) is 20.1 Å². The maximum absolute atomic E-state index is 12.2. The van der Waals surface area contributed by atoms with Crippen LogP contribution < -0.4 is 9.64 Å². The normalized spacial score (nSPS) is 21.1. The van der Waals surface area contributed by atoms with Crippen LogP contribution in [0.3, 0.4) is 0 Å². The number of hydrogen-bond acceptors (Lipinski definition) is 4. The SMILES string of the molecule is C=C(C)[C@H]1C(=O)N(c2ccc(OC)cc2)[C@@H]1OC(C)=O. The maximum Gasteiger partial charge on any atom is 0.304 e. The molecule has 2 rings (SSSR count). The zero-order valence-corrected chi connectivity index (χ0v) is 11.8. The minimum atomic E-state index is -0.620. The molecule has 1 aliphatic heterocycles. The molecule has 106 valence electrons. The van der Waals surface area contributed by atoms with Crippen molar-refractivity contribution >= 4 is 17.6 Å². The zero-order valence-electron chi connectivity index (χ0n) is 11.8. The highest BCUT2D eigenvalue weighted by Crippen LogP contribution is 2.37. The third-order valence-electron chi connectivity index (χ3n) is 3.21. The van der Waals surface area contributed by atoms with Gasteiger partial charge in [0.25, 0.3) is 0 Å². The molecule has 5 nitrogen and oxygen atoms in total. The van der Waals surface area contributed by atoms with Crippen molar-refractivity contribution in [2.24, 2.45) is 5.92 Å². The number of ether oxygens (including phenoxy) is 2. The van der Waals surface area contributed by atoms with E-state index in [1.54, 1.807) is 38.3 Å². The first-order valence-electron chi connectivity index (χ1n) is 6.25. The first-order valence-corrected chi connectivity index (χ1v) is 6.25. The predicted molar refractivity (Wildman–Crippen MR) is 74.3 cm³/mol. The van der Waals surface area contributed by atoms with E-state index in [-0.39, 0.29) is 5.91 Å². The van der Waals surface area contributed by atoms with Crippen molar-refractivity contribution < 1.29 is 19.1 Å². The van der Waals surface area contributed by atoms with Gasteiger partial charge in [-0.2, -0.15) is 0 Å². The topological polar surface area (TPSA) is 55.8 Å². The molecule has 0 spiro atoms. The minimum Gasteiger partial charge on any atom is -0.497 e. The molecule has 5 heteroatoms.